The van der Waals surface area contributed by atoms with Gasteiger partial charge in [0.05, 0.1) is 11.1 Å². The molecule has 19 heavy (non-hydrogen) atoms. The molecule has 0 fully saturated rings. The van der Waals surface area contributed by atoms with E-state index < -0.39 is 0 Å². The van der Waals surface area contributed by atoms with Gasteiger partial charge in [0.2, 0.25) is 0 Å². The Morgan fingerprint density at radius 3 is 3.05 bits per heavy atom. The standard InChI is InChI=1S/C14H12BrN3O/c1-9-17-13-10(5-4-8-16-13)14(19)18(9)12-7-3-2-6-11(12)15/h3-5,7-8H,2,6H2,1H3. The SMILES string of the molecule is Cc1nc2ncccc2c(=O)n1C1=C(Br)CCC=C1. The second-order valence-electron chi connectivity index (χ2n) is 4.41. The van der Waals surface area contributed by atoms with E-state index in [-0.39, 0.29) is 5.56 Å². The molecule has 4 nitrogen and oxygen atoms in total. The predicted molar refractivity (Wildman–Crippen MR) is 79.1 cm³/mol. The van der Waals surface area contributed by atoms with E-state index in [0.717, 1.165) is 23.0 Å². The van der Waals surface area contributed by atoms with Crippen LogP contribution >= 0.6 is 15.9 Å². The van der Waals surface area contributed by atoms with E-state index >= 15 is 0 Å². The minimum absolute atomic E-state index is 0.0749. The molecule has 0 radical (unpaired) electrons. The van der Waals surface area contributed by atoms with Gasteiger partial charge in [-0.25, -0.2) is 9.97 Å². The second kappa shape index (κ2) is 4.74. The highest BCUT2D eigenvalue weighted by molar-refractivity contribution is 9.11. The summed E-state index contributed by atoms with van der Waals surface area (Å²) in [6, 6.07) is 3.51. The molecule has 0 saturated heterocycles. The first-order valence-corrected chi connectivity index (χ1v) is 6.88. The summed E-state index contributed by atoms with van der Waals surface area (Å²) in [7, 11) is 0. The van der Waals surface area contributed by atoms with Gasteiger partial charge >= 0.3 is 0 Å². The monoisotopic (exact) mass is 317 g/mol. The predicted octanol–water partition coefficient (Wildman–Crippen LogP) is 3.01. The molecule has 2 heterocycles. The Kier molecular flexibility index (Phi) is 3.06. The molecule has 1 aliphatic carbocycles. The van der Waals surface area contributed by atoms with Gasteiger partial charge in [0.15, 0.2) is 5.65 Å². The van der Waals surface area contributed by atoms with Crippen molar-refractivity contribution in [3.63, 3.8) is 0 Å². The van der Waals surface area contributed by atoms with E-state index in [1.165, 1.54) is 0 Å². The summed E-state index contributed by atoms with van der Waals surface area (Å²) in [5.74, 6) is 0.648. The zero-order valence-corrected chi connectivity index (χ0v) is 12.0. The number of pyridine rings is 1. The first-order valence-electron chi connectivity index (χ1n) is 6.08. The highest BCUT2D eigenvalue weighted by Crippen LogP contribution is 2.27. The molecule has 5 heteroatoms. The Hall–Kier alpha value is -1.75. The molecule has 0 spiro atoms. The van der Waals surface area contributed by atoms with Crippen molar-refractivity contribution in [1.82, 2.24) is 14.5 Å². The van der Waals surface area contributed by atoms with Gasteiger partial charge in [0.1, 0.15) is 5.82 Å². The molecule has 0 aliphatic heterocycles. The van der Waals surface area contributed by atoms with Crippen molar-refractivity contribution in [2.45, 2.75) is 19.8 Å². The van der Waals surface area contributed by atoms with Crippen LogP contribution in [0.1, 0.15) is 18.7 Å². The van der Waals surface area contributed by atoms with Crippen LogP contribution in [0.2, 0.25) is 0 Å². The van der Waals surface area contributed by atoms with Crippen LogP contribution in [0.4, 0.5) is 0 Å². The Morgan fingerprint density at radius 1 is 1.42 bits per heavy atom. The third-order valence-corrected chi connectivity index (χ3v) is 3.94. The van der Waals surface area contributed by atoms with Gasteiger partial charge in [-0.15, -0.1) is 0 Å². The lowest BCUT2D eigenvalue weighted by molar-refractivity contribution is 0.892. The molecule has 2 aromatic rings. The Balaban J connectivity index is 2.36. The number of aryl methyl sites for hydroxylation is 1. The van der Waals surface area contributed by atoms with Gasteiger partial charge in [-0.3, -0.25) is 9.36 Å². The van der Waals surface area contributed by atoms with Crippen LogP contribution in [-0.2, 0) is 0 Å². The van der Waals surface area contributed by atoms with Gasteiger partial charge in [0.25, 0.3) is 5.56 Å². The largest absolute Gasteiger partial charge is 0.268 e. The third-order valence-electron chi connectivity index (χ3n) is 3.14. The normalized spacial score (nSPS) is 15.3. The minimum atomic E-state index is -0.0749. The summed E-state index contributed by atoms with van der Waals surface area (Å²) >= 11 is 3.55. The average Bonchev–Trinajstić information content (AvgIpc) is 2.41. The lowest BCUT2D eigenvalue weighted by atomic mass is 10.1. The molecule has 0 bridgehead atoms. The Bertz CT molecular complexity index is 774. The minimum Gasteiger partial charge on any atom is -0.268 e. The molecule has 0 amide bonds. The Morgan fingerprint density at radius 2 is 2.26 bits per heavy atom. The van der Waals surface area contributed by atoms with Crippen molar-refractivity contribution in [3.8, 4) is 0 Å². The fraction of sp³-hybridized carbons (Fsp3) is 0.214. The van der Waals surface area contributed by atoms with Crippen molar-refractivity contribution in [2.24, 2.45) is 0 Å². The zero-order valence-electron chi connectivity index (χ0n) is 10.4. The fourth-order valence-corrected chi connectivity index (χ4v) is 2.77. The first-order chi connectivity index (χ1) is 9.18. The zero-order chi connectivity index (χ0) is 13.4. The third kappa shape index (κ3) is 2.04. The molecule has 0 aromatic carbocycles. The molecular formula is C14H12BrN3O. The molecule has 3 rings (SSSR count). The van der Waals surface area contributed by atoms with E-state index in [2.05, 4.69) is 32.0 Å². The van der Waals surface area contributed by atoms with E-state index in [1.54, 1.807) is 22.9 Å². The van der Waals surface area contributed by atoms with Crippen LogP contribution in [0, 0.1) is 6.92 Å². The van der Waals surface area contributed by atoms with Crippen molar-refractivity contribution in [3.05, 3.63) is 51.1 Å². The van der Waals surface area contributed by atoms with Crippen LogP contribution in [0.15, 0.2) is 39.8 Å². The fourth-order valence-electron chi connectivity index (χ4n) is 2.23. The molecule has 0 atom stereocenters. The van der Waals surface area contributed by atoms with E-state index in [0.29, 0.717) is 16.9 Å². The number of nitrogens with zero attached hydrogens (tertiary/aromatic N) is 3. The molecule has 0 unspecified atom stereocenters. The highest BCUT2D eigenvalue weighted by atomic mass is 79.9. The summed E-state index contributed by atoms with van der Waals surface area (Å²) in [5.41, 5.74) is 1.29. The maximum Gasteiger partial charge on any atom is 0.267 e. The summed E-state index contributed by atoms with van der Waals surface area (Å²) in [6.07, 6.45) is 7.57. The topological polar surface area (TPSA) is 47.8 Å². The van der Waals surface area contributed by atoms with Crippen molar-refractivity contribution in [2.75, 3.05) is 0 Å². The molecule has 2 aromatic heterocycles. The van der Waals surface area contributed by atoms with Gasteiger partial charge in [-0.05, 0) is 38.0 Å². The maximum absolute atomic E-state index is 12.6. The molecular weight excluding hydrogens is 306 g/mol. The number of halogens is 1. The van der Waals surface area contributed by atoms with Gasteiger partial charge in [-0.1, -0.05) is 22.0 Å². The van der Waals surface area contributed by atoms with E-state index in [9.17, 15) is 4.79 Å². The lowest BCUT2D eigenvalue weighted by Gasteiger charge is -2.16. The summed E-state index contributed by atoms with van der Waals surface area (Å²) in [4.78, 5) is 21.1. The quantitative estimate of drug-likeness (QED) is 0.812. The number of rotatable bonds is 1. The molecule has 1 aliphatic rings. The maximum atomic E-state index is 12.6. The number of aromatic nitrogens is 3. The van der Waals surface area contributed by atoms with Gasteiger partial charge in [0, 0.05) is 10.7 Å². The number of hydrogen-bond acceptors (Lipinski definition) is 3. The van der Waals surface area contributed by atoms with Crippen molar-refractivity contribution < 1.29 is 0 Å². The van der Waals surface area contributed by atoms with Gasteiger partial charge < -0.3 is 0 Å². The second-order valence-corrected chi connectivity index (χ2v) is 5.36. The smallest absolute Gasteiger partial charge is 0.267 e. The number of allylic oxidation sites excluding steroid dienone is 4. The van der Waals surface area contributed by atoms with Crippen molar-refractivity contribution in [1.29, 1.82) is 0 Å². The van der Waals surface area contributed by atoms with Crippen molar-refractivity contribution >= 4 is 32.7 Å². The average molecular weight is 318 g/mol. The van der Waals surface area contributed by atoms with Crippen LogP contribution in [-0.4, -0.2) is 14.5 Å². The highest BCUT2D eigenvalue weighted by Gasteiger charge is 2.14. The van der Waals surface area contributed by atoms with Crippen LogP contribution in [0.25, 0.3) is 16.7 Å². The molecule has 0 N–H and O–H groups in total. The first kappa shape index (κ1) is 12.3. The lowest BCUT2D eigenvalue weighted by Crippen LogP contribution is -2.24. The van der Waals surface area contributed by atoms with Gasteiger partial charge in [-0.2, -0.15) is 0 Å². The Labute approximate surface area is 118 Å². The molecule has 0 saturated carbocycles. The number of fused-ring (bicyclic) bond motifs is 1. The summed E-state index contributed by atoms with van der Waals surface area (Å²) in [5, 5.41) is 0.542. The van der Waals surface area contributed by atoms with Crippen LogP contribution in [0.5, 0.6) is 0 Å². The summed E-state index contributed by atoms with van der Waals surface area (Å²) in [6.45, 7) is 1.82. The van der Waals surface area contributed by atoms with E-state index in [1.807, 2.05) is 13.0 Å². The van der Waals surface area contributed by atoms with Crippen LogP contribution < -0.4 is 5.56 Å². The van der Waals surface area contributed by atoms with E-state index in [4.69, 9.17) is 0 Å². The summed E-state index contributed by atoms with van der Waals surface area (Å²) < 4.78 is 2.68. The number of hydrogen-bond donors (Lipinski definition) is 0. The van der Waals surface area contributed by atoms with Crippen LogP contribution in [0.3, 0.4) is 0 Å². The molecule has 96 valence electrons.